The zero-order valence-electron chi connectivity index (χ0n) is 11.7. The standard InChI is InChI=1S/C14H17FN2O3/c1-8-4-10(3)16(7-8)14(18)12-6-11(17(19)20)5-9(2)13(12)15/h5-6,8,10H,4,7H2,1-3H3. The summed E-state index contributed by atoms with van der Waals surface area (Å²) in [5, 5.41) is 10.8. The summed E-state index contributed by atoms with van der Waals surface area (Å²) in [6.45, 7) is 5.92. The Balaban J connectivity index is 2.41. The van der Waals surface area contributed by atoms with Crippen LogP contribution in [0.3, 0.4) is 0 Å². The number of nitrogens with zero attached hydrogens (tertiary/aromatic N) is 2. The van der Waals surface area contributed by atoms with Crippen LogP contribution >= 0.6 is 0 Å². The number of nitro benzene ring substituents is 1. The Hall–Kier alpha value is -1.98. The number of hydrogen-bond acceptors (Lipinski definition) is 3. The number of benzene rings is 1. The fourth-order valence-electron chi connectivity index (χ4n) is 2.75. The second-order valence-electron chi connectivity index (χ2n) is 5.53. The lowest BCUT2D eigenvalue weighted by Crippen LogP contribution is -2.34. The molecule has 0 bridgehead atoms. The molecule has 0 spiro atoms. The van der Waals surface area contributed by atoms with E-state index in [9.17, 15) is 19.3 Å². The third-order valence-electron chi connectivity index (χ3n) is 3.73. The topological polar surface area (TPSA) is 63.5 Å². The van der Waals surface area contributed by atoms with E-state index in [0.717, 1.165) is 18.6 Å². The monoisotopic (exact) mass is 280 g/mol. The summed E-state index contributed by atoms with van der Waals surface area (Å²) in [5.74, 6) is -0.782. The number of carbonyl (C=O) groups is 1. The minimum Gasteiger partial charge on any atom is -0.336 e. The largest absolute Gasteiger partial charge is 0.336 e. The third kappa shape index (κ3) is 2.50. The molecular formula is C14H17FN2O3. The number of carbonyl (C=O) groups excluding carboxylic acids is 1. The number of rotatable bonds is 2. The zero-order valence-corrected chi connectivity index (χ0v) is 11.7. The third-order valence-corrected chi connectivity index (χ3v) is 3.73. The lowest BCUT2D eigenvalue weighted by atomic mass is 10.1. The van der Waals surface area contributed by atoms with Gasteiger partial charge in [0.05, 0.1) is 10.5 Å². The molecule has 1 amide bonds. The summed E-state index contributed by atoms with van der Waals surface area (Å²) < 4.78 is 14.1. The van der Waals surface area contributed by atoms with Crippen molar-refractivity contribution < 1.29 is 14.1 Å². The van der Waals surface area contributed by atoms with Gasteiger partial charge in [-0.3, -0.25) is 14.9 Å². The van der Waals surface area contributed by atoms with Gasteiger partial charge in [-0.05, 0) is 31.7 Å². The fourth-order valence-corrected chi connectivity index (χ4v) is 2.75. The maximum Gasteiger partial charge on any atom is 0.270 e. The minimum atomic E-state index is -0.674. The van der Waals surface area contributed by atoms with Gasteiger partial charge in [0, 0.05) is 24.7 Å². The molecular weight excluding hydrogens is 263 g/mol. The molecule has 0 radical (unpaired) electrons. The molecule has 20 heavy (non-hydrogen) atoms. The van der Waals surface area contributed by atoms with Gasteiger partial charge in [-0.15, -0.1) is 0 Å². The highest BCUT2D eigenvalue weighted by Crippen LogP contribution is 2.27. The Morgan fingerprint density at radius 2 is 2.10 bits per heavy atom. The predicted octanol–water partition coefficient (Wildman–Crippen LogP) is 2.91. The van der Waals surface area contributed by atoms with Crippen LogP contribution in [0, 0.1) is 28.8 Å². The van der Waals surface area contributed by atoms with Crippen molar-refractivity contribution in [1.82, 2.24) is 4.90 Å². The second kappa shape index (κ2) is 5.19. The van der Waals surface area contributed by atoms with Crippen molar-refractivity contribution in [3.05, 3.63) is 39.2 Å². The van der Waals surface area contributed by atoms with Crippen LogP contribution in [0.1, 0.15) is 36.2 Å². The number of hydrogen-bond donors (Lipinski definition) is 0. The van der Waals surface area contributed by atoms with Crippen molar-refractivity contribution in [3.8, 4) is 0 Å². The van der Waals surface area contributed by atoms with Crippen LogP contribution in [-0.2, 0) is 0 Å². The van der Waals surface area contributed by atoms with E-state index in [0.29, 0.717) is 12.5 Å². The maximum atomic E-state index is 14.1. The van der Waals surface area contributed by atoms with Gasteiger partial charge >= 0.3 is 0 Å². The van der Waals surface area contributed by atoms with Crippen LogP contribution in [0.15, 0.2) is 12.1 Å². The van der Waals surface area contributed by atoms with Gasteiger partial charge in [0.15, 0.2) is 0 Å². The van der Waals surface area contributed by atoms with Crippen LogP contribution in [0.2, 0.25) is 0 Å². The number of nitro groups is 1. The first-order valence-corrected chi connectivity index (χ1v) is 6.56. The summed E-state index contributed by atoms with van der Waals surface area (Å²) in [7, 11) is 0. The van der Waals surface area contributed by atoms with E-state index in [-0.39, 0.29) is 22.9 Å². The molecule has 0 aromatic heterocycles. The van der Waals surface area contributed by atoms with Crippen LogP contribution in [0.5, 0.6) is 0 Å². The van der Waals surface area contributed by atoms with Crippen molar-refractivity contribution in [2.24, 2.45) is 5.92 Å². The molecule has 2 atom stereocenters. The SMILES string of the molecule is Cc1cc([N+](=O)[O-])cc(C(=O)N2CC(C)CC2C)c1F. The van der Waals surface area contributed by atoms with Crippen molar-refractivity contribution in [2.75, 3.05) is 6.54 Å². The molecule has 0 N–H and O–H groups in total. The van der Waals surface area contributed by atoms with Crippen molar-refractivity contribution in [3.63, 3.8) is 0 Å². The van der Waals surface area contributed by atoms with Gasteiger partial charge < -0.3 is 4.90 Å². The summed E-state index contributed by atoms with van der Waals surface area (Å²) in [5.41, 5.74) is -0.354. The number of amides is 1. The van der Waals surface area contributed by atoms with Gasteiger partial charge in [-0.1, -0.05) is 6.92 Å². The normalized spacial score (nSPS) is 22.1. The molecule has 2 unspecified atom stereocenters. The second-order valence-corrected chi connectivity index (χ2v) is 5.53. The number of non-ortho nitro benzene ring substituents is 1. The number of likely N-dealkylation sites (tertiary alicyclic amines) is 1. The first kappa shape index (κ1) is 14.4. The lowest BCUT2D eigenvalue weighted by Gasteiger charge is -2.22. The van der Waals surface area contributed by atoms with Crippen molar-refractivity contribution >= 4 is 11.6 Å². The molecule has 1 heterocycles. The van der Waals surface area contributed by atoms with E-state index in [1.807, 2.05) is 13.8 Å². The maximum absolute atomic E-state index is 14.1. The summed E-state index contributed by atoms with van der Waals surface area (Å²) >= 11 is 0. The Labute approximate surface area is 116 Å². The molecule has 1 fully saturated rings. The predicted molar refractivity (Wildman–Crippen MR) is 72.1 cm³/mol. The molecule has 0 aliphatic carbocycles. The number of aryl methyl sites for hydroxylation is 1. The molecule has 2 rings (SSSR count). The van der Waals surface area contributed by atoms with E-state index < -0.39 is 16.6 Å². The molecule has 1 saturated heterocycles. The van der Waals surface area contributed by atoms with E-state index in [1.165, 1.54) is 6.92 Å². The zero-order chi connectivity index (χ0) is 15.0. The average molecular weight is 280 g/mol. The van der Waals surface area contributed by atoms with Crippen LogP contribution in [0.25, 0.3) is 0 Å². The minimum absolute atomic E-state index is 0.0245. The van der Waals surface area contributed by atoms with E-state index in [4.69, 9.17) is 0 Å². The first-order chi connectivity index (χ1) is 9.31. The summed E-state index contributed by atoms with van der Waals surface area (Å²) in [6.07, 6.45) is 0.862. The van der Waals surface area contributed by atoms with Gasteiger partial charge in [0.1, 0.15) is 5.82 Å². The molecule has 1 aromatic carbocycles. The van der Waals surface area contributed by atoms with Crippen molar-refractivity contribution in [2.45, 2.75) is 33.2 Å². The van der Waals surface area contributed by atoms with Crippen molar-refractivity contribution in [1.29, 1.82) is 0 Å². The van der Waals surface area contributed by atoms with Crippen LogP contribution < -0.4 is 0 Å². The molecule has 1 aliphatic rings. The summed E-state index contributed by atoms with van der Waals surface area (Å²) in [6, 6.07) is 2.19. The van der Waals surface area contributed by atoms with E-state index >= 15 is 0 Å². The molecule has 5 nitrogen and oxygen atoms in total. The van der Waals surface area contributed by atoms with Crippen LogP contribution in [0.4, 0.5) is 10.1 Å². The highest BCUT2D eigenvalue weighted by molar-refractivity contribution is 5.95. The average Bonchev–Trinajstić information content (AvgIpc) is 2.70. The molecule has 1 aromatic rings. The van der Waals surface area contributed by atoms with Gasteiger partial charge in [0.2, 0.25) is 0 Å². The molecule has 0 saturated carbocycles. The smallest absolute Gasteiger partial charge is 0.270 e. The Bertz CT molecular complexity index is 574. The quantitative estimate of drug-likeness (QED) is 0.618. The summed E-state index contributed by atoms with van der Waals surface area (Å²) in [4.78, 5) is 24.2. The Morgan fingerprint density at radius 3 is 2.60 bits per heavy atom. The molecule has 108 valence electrons. The van der Waals surface area contributed by atoms with Gasteiger partial charge in [0.25, 0.3) is 11.6 Å². The lowest BCUT2D eigenvalue weighted by molar-refractivity contribution is -0.385. The molecule has 1 aliphatic heterocycles. The first-order valence-electron chi connectivity index (χ1n) is 6.56. The highest BCUT2D eigenvalue weighted by atomic mass is 19.1. The molecule has 6 heteroatoms. The van der Waals surface area contributed by atoms with E-state index in [1.54, 1.807) is 4.90 Å². The fraction of sp³-hybridized carbons (Fsp3) is 0.500. The van der Waals surface area contributed by atoms with E-state index in [2.05, 4.69) is 0 Å². The van der Waals surface area contributed by atoms with Gasteiger partial charge in [-0.2, -0.15) is 0 Å². The van der Waals surface area contributed by atoms with Gasteiger partial charge in [-0.25, -0.2) is 4.39 Å². The Morgan fingerprint density at radius 1 is 1.45 bits per heavy atom. The highest BCUT2D eigenvalue weighted by Gasteiger charge is 2.32. The Kier molecular flexibility index (Phi) is 3.74. The van der Waals surface area contributed by atoms with Crippen LogP contribution in [-0.4, -0.2) is 28.3 Å². The number of halogens is 1.